The molecule has 0 bridgehead atoms. The van der Waals surface area contributed by atoms with Crippen molar-refractivity contribution in [2.45, 2.75) is 46.8 Å². The maximum Gasteiger partial charge on any atom is 0.262 e. The molecule has 2 atom stereocenters. The maximum atomic E-state index is 12.5. The number of halogens is 1. The summed E-state index contributed by atoms with van der Waals surface area (Å²) < 4.78 is 18.2. The van der Waals surface area contributed by atoms with Crippen LogP contribution in [0.5, 0.6) is 11.5 Å². The Hall–Kier alpha value is -2.16. The predicted octanol–water partition coefficient (Wildman–Crippen LogP) is 5.27. The summed E-state index contributed by atoms with van der Waals surface area (Å²) in [5.41, 5.74) is 3.78. The predicted molar refractivity (Wildman–Crippen MR) is 139 cm³/mol. The molecule has 0 unspecified atom stereocenters. The van der Waals surface area contributed by atoms with Crippen LogP contribution in [0.25, 0.3) is 0 Å². The normalized spacial score (nSPS) is 18.1. The first-order valence-corrected chi connectivity index (χ1v) is 12.3. The molecule has 0 radical (unpaired) electrons. The number of amides is 1. The maximum absolute atomic E-state index is 12.5. The Morgan fingerprint density at radius 2 is 1.76 bits per heavy atom. The van der Waals surface area contributed by atoms with Crippen molar-refractivity contribution in [2.24, 2.45) is 0 Å². The molecule has 1 N–H and O–H groups in total. The van der Waals surface area contributed by atoms with Gasteiger partial charge in [0.1, 0.15) is 4.99 Å². The highest BCUT2D eigenvalue weighted by molar-refractivity contribution is 9.10. The van der Waals surface area contributed by atoms with Crippen LogP contribution >= 0.6 is 28.1 Å². The fraction of sp³-hybridized carbons (Fsp3) is 0.440. The van der Waals surface area contributed by atoms with Crippen LogP contribution in [0.1, 0.15) is 37.5 Å². The van der Waals surface area contributed by atoms with Gasteiger partial charge in [-0.05, 0) is 85.9 Å². The number of nitrogens with zero attached hydrogens (tertiary/aromatic N) is 1. The van der Waals surface area contributed by atoms with Gasteiger partial charge in [-0.3, -0.25) is 4.79 Å². The molecule has 33 heavy (non-hydrogen) atoms. The third kappa shape index (κ3) is 6.91. The molecule has 1 saturated heterocycles. The standard InChI is InChI=1S/C25H31BrN2O4S/c1-6-30-22-11-19(25(33)28-12-17(4)32-18(5)13-28)10-21(26)24(22)31-14-23(29)27-20-8-15(2)7-16(3)9-20/h7-11,17-18H,6,12-14H2,1-5H3,(H,27,29)/t17-,18-/m0/s1. The van der Waals surface area contributed by atoms with Crippen molar-refractivity contribution >= 4 is 44.7 Å². The van der Waals surface area contributed by atoms with Gasteiger partial charge in [0.15, 0.2) is 18.1 Å². The third-order valence-electron chi connectivity index (χ3n) is 5.12. The Morgan fingerprint density at radius 1 is 1.12 bits per heavy atom. The second-order valence-corrected chi connectivity index (χ2v) is 9.64. The number of benzene rings is 2. The zero-order valence-electron chi connectivity index (χ0n) is 19.7. The lowest BCUT2D eigenvalue weighted by atomic mass is 10.1. The molecule has 1 fully saturated rings. The summed E-state index contributed by atoms with van der Waals surface area (Å²) >= 11 is 9.36. The zero-order chi connectivity index (χ0) is 24.1. The summed E-state index contributed by atoms with van der Waals surface area (Å²) in [4.78, 5) is 15.4. The summed E-state index contributed by atoms with van der Waals surface area (Å²) in [6.07, 6.45) is 0.222. The van der Waals surface area contributed by atoms with Gasteiger partial charge in [-0.1, -0.05) is 18.3 Å². The molecule has 178 valence electrons. The molecular formula is C25H31BrN2O4S. The van der Waals surface area contributed by atoms with Crippen molar-refractivity contribution in [3.8, 4) is 11.5 Å². The van der Waals surface area contributed by atoms with E-state index in [2.05, 4.69) is 32.2 Å². The van der Waals surface area contributed by atoms with Gasteiger partial charge in [-0.25, -0.2) is 0 Å². The molecular weight excluding hydrogens is 504 g/mol. The van der Waals surface area contributed by atoms with E-state index in [1.807, 2.05) is 58.9 Å². The van der Waals surface area contributed by atoms with Crippen molar-refractivity contribution in [3.05, 3.63) is 51.5 Å². The second-order valence-electron chi connectivity index (χ2n) is 8.40. The first-order chi connectivity index (χ1) is 15.7. The number of anilines is 1. The number of carbonyl (C=O) groups is 1. The van der Waals surface area contributed by atoms with Gasteiger partial charge in [0.05, 0.1) is 23.3 Å². The Kier molecular flexibility index (Phi) is 8.73. The molecule has 0 saturated carbocycles. The van der Waals surface area contributed by atoms with Gasteiger partial charge in [0.2, 0.25) is 0 Å². The fourth-order valence-electron chi connectivity index (χ4n) is 4.00. The van der Waals surface area contributed by atoms with E-state index in [0.29, 0.717) is 22.6 Å². The topological polar surface area (TPSA) is 60.0 Å². The van der Waals surface area contributed by atoms with Crippen LogP contribution in [0.4, 0.5) is 5.69 Å². The monoisotopic (exact) mass is 534 g/mol. The Balaban J connectivity index is 1.74. The van der Waals surface area contributed by atoms with E-state index in [1.54, 1.807) is 0 Å². The average Bonchev–Trinajstić information content (AvgIpc) is 2.71. The smallest absolute Gasteiger partial charge is 0.262 e. The molecule has 2 aromatic rings. The highest BCUT2D eigenvalue weighted by atomic mass is 79.9. The summed E-state index contributed by atoms with van der Waals surface area (Å²) in [6, 6.07) is 9.69. The van der Waals surface area contributed by atoms with E-state index < -0.39 is 0 Å². The number of ether oxygens (including phenoxy) is 3. The highest BCUT2D eigenvalue weighted by Gasteiger charge is 2.26. The molecule has 1 aliphatic rings. The molecule has 2 aromatic carbocycles. The van der Waals surface area contributed by atoms with Crippen LogP contribution in [-0.4, -0.2) is 54.3 Å². The SMILES string of the molecule is CCOc1cc(C(=S)N2C[C@H](C)O[C@@H](C)C2)cc(Br)c1OCC(=O)Nc1cc(C)cc(C)c1. The molecule has 6 nitrogen and oxygen atoms in total. The van der Waals surface area contributed by atoms with Crippen LogP contribution in [0.2, 0.25) is 0 Å². The van der Waals surface area contributed by atoms with E-state index in [0.717, 1.165) is 40.5 Å². The number of nitrogens with one attached hydrogen (secondary N) is 1. The first kappa shape index (κ1) is 25.5. The van der Waals surface area contributed by atoms with E-state index >= 15 is 0 Å². The fourth-order valence-corrected chi connectivity index (χ4v) is 4.83. The summed E-state index contributed by atoms with van der Waals surface area (Å²) in [5.74, 6) is 0.769. The van der Waals surface area contributed by atoms with E-state index in [4.69, 9.17) is 26.4 Å². The van der Waals surface area contributed by atoms with Crippen LogP contribution in [0.15, 0.2) is 34.8 Å². The number of rotatable bonds is 7. The second kappa shape index (κ2) is 11.3. The minimum absolute atomic E-state index is 0.111. The highest BCUT2D eigenvalue weighted by Crippen LogP contribution is 2.37. The molecule has 1 aliphatic heterocycles. The lowest BCUT2D eigenvalue weighted by molar-refractivity contribution is -0.118. The van der Waals surface area contributed by atoms with Crippen molar-refractivity contribution < 1.29 is 19.0 Å². The number of thiocarbonyl (C=S) groups is 1. The van der Waals surface area contributed by atoms with Crippen molar-refractivity contribution in [1.82, 2.24) is 4.90 Å². The number of hydrogen-bond acceptors (Lipinski definition) is 5. The first-order valence-electron chi connectivity index (χ1n) is 11.1. The van der Waals surface area contributed by atoms with Crippen LogP contribution in [-0.2, 0) is 9.53 Å². The Labute approximate surface area is 209 Å². The van der Waals surface area contributed by atoms with Crippen LogP contribution in [0.3, 0.4) is 0 Å². The van der Waals surface area contributed by atoms with E-state index in [1.165, 1.54) is 0 Å². The Morgan fingerprint density at radius 3 is 2.36 bits per heavy atom. The van der Waals surface area contributed by atoms with Crippen molar-refractivity contribution in [3.63, 3.8) is 0 Å². The number of hydrogen-bond donors (Lipinski definition) is 1. The van der Waals surface area contributed by atoms with Gasteiger partial charge >= 0.3 is 0 Å². The number of aryl methyl sites for hydroxylation is 2. The molecule has 3 rings (SSSR count). The minimum Gasteiger partial charge on any atom is -0.490 e. The van der Waals surface area contributed by atoms with Gasteiger partial charge in [-0.15, -0.1) is 0 Å². The lowest BCUT2D eigenvalue weighted by Gasteiger charge is -2.37. The number of carbonyl (C=O) groups excluding carboxylic acids is 1. The molecule has 1 amide bonds. The largest absolute Gasteiger partial charge is 0.490 e. The number of morpholine rings is 1. The van der Waals surface area contributed by atoms with Gasteiger partial charge < -0.3 is 24.4 Å². The third-order valence-corrected chi connectivity index (χ3v) is 6.20. The van der Waals surface area contributed by atoms with E-state index in [9.17, 15) is 4.79 Å². The average molecular weight is 536 g/mol. The molecule has 8 heteroatoms. The molecule has 0 spiro atoms. The summed E-state index contributed by atoms with van der Waals surface area (Å²) in [6.45, 7) is 11.8. The molecule has 1 heterocycles. The zero-order valence-corrected chi connectivity index (χ0v) is 22.1. The van der Waals surface area contributed by atoms with Gasteiger partial charge in [0, 0.05) is 24.3 Å². The van der Waals surface area contributed by atoms with Gasteiger partial charge in [0.25, 0.3) is 5.91 Å². The Bertz CT molecular complexity index is 999. The quantitative estimate of drug-likeness (QED) is 0.488. The van der Waals surface area contributed by atoms with E-state index in [-0.39, 0.29) is 24.7 Å². The summed E-state index contributed by atoms with van der Waals surface area (Å²) in [5, 5.41) is 2.89. The van der Waals surface area contributed by atoms with Crippen LogP contribution < -0.4 is 14.8 Å². The minimum atomic E-state index is -0.245. The van der Waals surface area contributed by atoms with Crippen molar-refractivity contribution in [1.29, 1.82) is 0 Å². The lowest BCUT2D eigenvalue weighted by Crippen LogP contribution is -2.47. The summed E-state index contributed by atoms with van der Waals surface area (Å²) in [7, 11) is 0. The molecule has 0 aliphatic carbocycles. The van der Waals surface area contributed by atoms with Crippen LogP contribution in [0, 0.1) is 13.8 Å². The molecule has 0 aromatic heterocycles. The van der Waals surface area contributed by atoms with Gasteiger partial charge in [-0.2, -0.15) is 0 Å². The van der Waals surface area contributed by atoms with Crippen molar-refractivity contribution in [2.75, 3.05) is 31.6 Å².